The van der Waals surface area contributed by atoms with Crippen LogP contribution < -0.4 is 5.32 Å². The van der Waals surface area contributed by atoms with Gasteiger partial charge in [-0.25, -0.2) is 9.78 Å². The summed E-state index contributed by atoms with van der Waals surface area (Å²) < 4.78 is 11.2. The van der Waals surface area contributed by atoms with Crippen molar-refractivity contribution in [2.45, 2.75) is 40.0 Å². The molecular formula is C24H26N2O4. The Bertz CT molecular complexity index is 1060. The van der Waals surface area contributed by atoms with Gasteiger partial charge in [0.25, 0.3) is 0 Å². The lowest BCUT2D eigenvalue weighted by atomic mass is 9.87. The van der Waals surface area contributed by atoms with Crippen LogP contribution in [0.2, 0.25) is 0 Å². The summed E-state index contributed by atoms with van der Waals surface area (Å²) in [5.41, 5.74) is 3.11. The molecule has 0 aliphatic carbocycles. The number of anilines is 1. The first-order chi connectivity index (χ1) is 14.2. The molecule has 3 rings (SSSR count). The largest absolute Gasteiger partial charge is 0.461 e. The maximum Gasteiger partial charge on any atom is 0.361 e. The summed E-state index contributed by atoms with van der Waals surface area (Å²) in [5, 5.41) is 2.76. The topological polar surface area (TPSA) is 81.4 Å². The van der Waals surface area contributed by atoms with Crippen LogP contribution in [-0.4, -0.2) is 23.5 Å². The van der Waals surface area contributed by atoms with Gasteiger partial charge in [-0.1, -0.05) is 45.0 Å². The van der Waals surface area contributed by atoms with E-state index in [0.29, 0.717) is 17.1 Å². The number of benzene rings is 2. The summed E-state index contributed by atoms with van der Waals surface area (Å²) in [6.45, 7) is 9.80. The molecule has 0 saturated heterocycles. The number of carbonyl (C=O) groups is 2. The van der Waals surface area contributed by atoms with Crippen molar-refractivity contribution < 1.29 is 18.7 Å². The van der Waals surface area contributed by atoms with E-state index in [1.165, 1.54) is 12.5 Å². The molecule has 0 aliphatic rings. The second-order valence-electron chi connectivity index (χ2n) is 7.97. The van der Waals surface area contributed by atoms with E-state index in [-0.39, 0.29) is 29.4 Å². The summed E-state index contributed by atoms with van der Waals surface area (Å²) in [5.74, 6) is -0.233. The maximum atomic E-state index is 12.6. The number of amides is 1. The molecule has 0 bridgehead atoms. The minimum absolute atomic E-state index is 0.0215. The van der Waals surface area contributed by atoms with Gasteiger partial charge in [0.1, 0.15) is 0 Å². The van der Waals surface area contributed by atoms with Crippen molar-refractivity contribution in [3.63, 3.8) is 0 Å². The molecule has 1 aromatic heterocycles. The Morgan fingerprint density at radius 2 is 1.73 bits per heavy atom. The molecule has 0 atom stereocenters. The average molecular weight is 406 g/mol. The van der Waals surface area contributed by atoms with E-state index in [1.54, 1.807) is 31.2 Å². The van der Waals surface area contributed by atoms with E-state index in [4.69, 9.17) is 9.15 Å². The number of rotatable bonds is 5. The Balaban J connectivity index is 2.11. The lowest BCUT2D eigenvalue weighted by molar-refractivity contribution is -0.114. The van der Waals surface area contributed by atoms with Gasteiger partial charge in [0.15, 0.2) is 11.5 Å². The lowest BCUT2D eigenvalue weighted by Crippen LogP contribution is -2.10. The molecule has 6 nitrogen and oxygen atoms in total. The van der Waals surface area contributed by atoms with Crippen LogP contribution in [0.4, 0.5) is 5.69 Å². The van der Waals surface area contributed by atoms with E-state index >= 15 is 0 Å². The molecule has 0 spiro atoms. The molecule has 0 unspecified atom stereocenters. The first kappa shape index (κ1) is 21.3. The highest BCUT2D eigenvalue weighted by molar-refractivity contribution is 5.99. The molecule has 1 N–H and O–H groups in total. The highest BCUT2D eigenvalue weighted by Crippen LogP contribution is 2.35. The van der Waals surface area contributed by atoms with Crippen molar-refractivity contribution >= 4 is 17.6 Å². The molecular weight excluding hydrogens is 380 g/mol. The Hall–Kier alpha value is -3.41. The summed E-state index contributed by atoms with van der Waals surface area (Å²) in [6, 6.07) is 15.0. The van der Waals surface area contributed by atoms with Crippen molar-refractivity contribution in [2.75, 3.05) is 11.9 Å². The van der Waals surface area contributed by atoms with Gasteiger partial charge in [-0.2, -0.15) is 0 Å². The second-order valence-corrected chi connectivity index (χ2v) is 7.97. The fourth-order valence-corrected chi connectivity index (χ4v) is 3.06. The lowest BCUT2D eigenvalue weighted by Gasteiger charge is -2.18. The predicted molar refractivity (Wildman–Crippen MR) is 116 cm³/mol. The number of esters is 1. The fourth-order valence-electron chi connectivity index (χ4n) is 3.06. The zero-order chi connectivity index (χ0) is 21.9. The van der Waals surface area contributed by atoms with E-state index in [2.05, 4.69) is 31.1 Å². The minimum Gasteiger partial charge on any atom is -0.461 e. The molecule has 156 valence electrons. The number of oxazole rings is 1. The van der Waals surface area contributed by atoms with Crippen molar-refractivity contribution in [1.82, 2.24) is 4.98 Å². The standard InChI is InChI=1S/C24H26N2O4/c1-6-29-23(28)20-21(18-9-7-8-10-19(18)25-15(2)27)30-22(26-20)16-11-13-17(14-12-16)24(3,4)5/h7-14H,6H2,1-5H3,(H,25,27). The summed E-state index contributed by atoms with van der Waals surface area (Å²) in [4.78, 5) is 28.6. The van der Waals surface area contributed by atoms with Crippen molar-refractivity contribution in [3.8, 4) is 22.8 Å². The normalized spacial score (nSPS) is 11.2. The summed E-state index contributed by atoms with van der Waals surface area (Å²) in [7, 11) is 0. The predicted octanol–water partition coefficient (Wildman–Crippen LogP) is 5.44. The van der Waals surface area contributed by atoms with E-state index in [1.807, 2.05) is 24.3 Å². The third-order valence-electron chi connectivity index (χ3n) is 4.58. The first-order valence-corrected chi connectivity index (χ1v) is 9.86. The molecule has 3 aromatic rings. The number of hydrogen-bond acceptors (Lipinski definition) is 5. The van der Waals surface area contributed by atoms with Crippen LogP contribution in [0.3, 0.4) is 0 Å². The van der Waals surface area contributed by atoms with Crippen LogP contribution in [0, 0.1) is 0 Å². The van der Waals surface area contributed by atoms with E-state index in [0.717, 1.165) is 5.56 Å². The molecule has 0 saturated carbocycles. The highest BCUT2D eigenvalue weighted by atomic mass is 16.5. The number of nitrogens with one attached hydrogen (secondary N) is 1. The van der Waals surface area contributed by atoms with Gasteiger partial charge in [-0.05, 0) is 42.2 Å². The Morgan fingerprint density at radius 3 is 2.33 bits per heavy atom. The van der Waals surface area contributed by atoms with Crippen LogP contribution in [0.25, 0.3) is 22.8 Å². The molecule has 6 heteroatoms. The highest BCUT2D eigenvalue weighted by Gasteiger charge is 2.25. The number of para-hydroxylation sites is 1. The van der Waals surface area contributed by atoms with Crippen LogP contribution in [-0.2, 0) is 14.9 Å². The summed E-state index contributed by atoms with van der Waals surface area (Å²) >= 11 is 0. The van der Waals surface area contributed by atoms with Crippen LogP contribution in [0.5, 0.6) is 0 Å². The van der Waals surface area contributed by atoms with Gasteiger partial charge in [-0.3, -0.25) is 4.79 Å². The zero-order valence-electron chi connectivity index (χ0n) is 17.9. The van der Waals surface area contributed by atoms with Crippen LogP contribution in [0.1, 0.15) is 50.7 Å². The minimum atomic E-state index is -0.577. The third-order valence-corrected chi connectivity index (χ3v) is 4.58. The van der Waals surface area contributed by atoms with Gasteiger partial charge in [0.05, 0.1) is 12.3 Å². The van der Waals surface area contributed by atoms with Gasteiger partial charge in [0, 0.05) is 18.1 Å². The number of carbonyl (C=O) groups excluding carboxylic acids is 2. The number of nitrogens with zero attached hydrogens (tertiary/aromatic N) is 1. The molecule has 0 aliphatic heterocycles. The van der Waals surface area contributed by atoms with Gasteiger partial charge in [-0.15, -0.1) is 0 Å². The van der Waals surface area contributed by atoms with Crippen molar-refractivity contribution in [1.29, 1.82) is 0 Å². The van der Waals surface area contributed by atoms with E-state index in [9.17, 15) is 9.59 Å². The Labute approximate surface area is 176 Å². The molecule has 0 fully saturated rings. The van der Waals surface area contributed by atoms with E-state index < -0.39 is 5.97 Å². The summed E-state index contributed by atoms with van der Waals surface area (Å²) in [6.07, 6.45) is 0. The Kier molecular flexibility index (Phi) is 6.06. The third kappa shape index (κ3) is 4.59. The SMILES string of the molecule is CCOC(=O)c1nc(-c2ccc(C(C)(C)C)cc2)oc1-c1ccccc1NC(C)=O. The molecule has 30 heavy (non-hydrogen) atoms. The van der Waals surface area contributed by atoms with Gasteiger partial charge >= 0.3 is 5.97 Å². The molecule has 2 aromatic carbocycles. The number of hydrogen-bond donors (Lipinski definition) is 1. The van der Waals surface area contributed by atoms with Crippen LogP contribution >= 0.6 is 0 Å². The number of aromatic nitrogens is 1. The molecule has 1 heterocycles. The molecule has 0 radical (unpaired) electrons. The molecule has 1 amide bonds. The van der Waals surface area contributed by atoms with Crippen LogP contribution in [0.15, 0.2) is 52.9 Å². The smallest absolute Gasteiger partial charge is 0.361 e. The number of ether oxygens (including phenoxy) is 1. The first-order valence-electron chi connectivity index (χ1n) is 9.86. The van der Waals surface area contributed by atoms with Gasteiger partial charge in [0.2, 0.25) is 11.8 Å². The zero-order valence-corrected chi connectivity index (χ0v) is 17.9. The van der Waals surface area contributed by atoms with Gasteiger partial charge < -0.3 is 14.5 Å². The average Bonchev–Trinajstić information content (AvgIpc) is 3.13. The Morgan fingerprint density at radius 1 is 1.07 bits per heavy atom. The maximum absolute atomic E-state index is 12.6. The second kappa shape index (κ2) is 8.53. The van der Waals surface area contributed by atoms with Crippen molar-refractivity contribution in [2.24, 2.45) is 0 Å². The van der Waals surface area contributed by atoms with Crippen molar-refractivity contribution in [3.05, 3.63) is 59.8 Å². The quantitative estimate of drug-likeness (QED) is 0.571. The monoisotopic (exact) mass is 406 g/mol. The fraction of sp³-hybridized carbons (Fsp3) is 0.292.